The number of nitrogens with zero attached hydrogens (tertiary/aromatic N) is 3. The highest BCUT2D eigenvalue weighted by molar-refractivity contribution is 5.79. The first-order chi connectivity index (χ1) is 10.8. The summed E-state index contributed by atoms with van der Waals surface area (Å²) in [7, 11) is 0. The lowest BCUT2D eigenvalue weighted by Crippen LogP contribution is -2.39. The number of rotatable bonds is 3. The molecule has 1 aromatic rings. The van der Waals surface area contributed by atoms with E-state index in [9.17, 15) is 4.79 Å². The van der Waals surface area contributed by atoms with Gasteiger partial charge in [-0.3, -0.25) is 14.7 Å². The van der Waals surface area contributed by atoms with Crippen molar-refractivity contribution in [1.82, 2.24) is 14.8 Å². The van der Waals surface area contributed by atoms with Gasteiger partial charge in [0, 0.05) is 44.7 Å². The Morgan fingerprint density at radius 1 is 1.36 bits per heavy atom. The van der Waals surface area contributed by atoms with Gasteiger partial charge in [-0.2, -0.15) is 0 Å². The summed E-state index contributed by atoms with van der Waals surface area (Å²) in [5.41, 5.74) is 1.26. The molecule has 118 valence electrons. The van der Waals surface area contributed by atoms with Crippen LogP contribution in [0.4, 0.5) is 0 Å². The molecule has 0 radical (unpaired) electrons. The maximum absolute atomic E-state index is 12.6. The van der Waals surface area contributed by atoms with E-state index in [1.165, 1.54) is 12.0 Å². The number of likely N-dealkylation sites (tertiary alicyclic amines) is 2. The number of fused-ring (bicyclic) bond motifs is 1. The van der Waals surface area contributed by atoms with Gasteiger partial charge < -0.3 is 9.64 Å². The number of hydrogen-bond donors (Lipinski definition) is 0. The summed E-state index contributed by atoms with van der Waals surface area (Å²) in [5, 5.41) is 0. The van der Waals surface area contributed by atoms with Crippen LogP contribution in [0.1, 0.15) is 18.4 Å². The van der Waals surface area contributed by atoms with Crippen LogP contribution in [-0.4, -0.2) is 59.6 Å². The minimum absolute atomic E-state index is 0.102. The van der Waals surface area contributed by atoms with Crippen LogP contribution in [0.3, 0.4) is 0 Å². The summed E-state index contributed by atoms with van der Waals surface area (Å²) in [5.74, 6) is 1.06. The largest absolute Gasteiger partial charge is 0.381 e. The van der Waals surface area contributed by atoms with Crippen molar-refractivity contribution >= 4 is 5.91 Å². The minimum atomic E-state index is 0.102. The van der Waals surface area contributed by atoms with Gasteiger partial charge in [-0.1, -0.05) is 6.07 Å². The zero-order valence-corrected chi connectivity index (χ0v) is 12.9. The lowest BCUT2D eigenvalue weighted by molar-refractivity contribution is -0.134. The average Bonchev–Trinajstić information content (AvgIpc) is 3.26. The van der Waals surface area contributed by atoms with Gasteiger partial charge in [0.1, 0.15) is 0 Å². The highest BCUT2D eigenvalue weighted by Gasteiger charge is 2.44. The number of pyridine rings is 1. The number of carbonyl (C=O) groups is 1. The summed E-state index contributed by atoms with van der Waals surface area (Å²) in [6, 6.07) is 4.65. The molecular formula is C17H23N3O2. The summed E-state index contributed by atoms with van der Waals surface area (Å²) in [6.07, 6.45) is 5.86. The fourth-order valence-corrected chi connectivity index (χ4v) is 4.14. The maximum atomic E-state index is 12.6. The average molecular weight is 301 g/mol. The van der Waals surface area contributed by atoms with Crippen molar-refractivity contribution in [3.8, 4) is 0 Å². The van der Waals surface area contributed by atoms with E-state index in [2.05, 4.69) is 20.9 Å². The van der Waals surface area contributed by atoms with Crippen LogP contribution in [0.2, 0.25) is 0 Å². The molecule has 3 aliphatic heterocycles. The third kappa shape index (κ3) is 2.63. The minimum Gasteiger partial charge on any atom is -0.381 e. The molecule has 0 aromatic carbocycles. The molecule has 0 N–H and O–H groups in total. The van der Waals surface area contributed by atoms with Crippen molar-refractivity contribution in [2.45, 2.75) is 25.4 Å². The van der Waals surface area contributed by atoms with E-state index in [0.29, 0.717) is 24.5 Å². The topological polar surface area (TPSA) is 45.7 Å². The molecule has 3 fully saturated rings. The van der Waals surface area contributed by atoms with Gasteiger partial charge in [0.15, 0.2) is 0 Å². The fourth-order valence-electron chi connectivity index (χ4n) is 4.14. The quantitative estimate of drug-likeness (QED) is 0.840. The first-order valence-corrected chi connectivity index (χ1v) is 8.31. The molecular weight excluding hydrogens is 278 g/mol. The van der Waals surface area contributed by atoms with Crippen molar-refractivity contribution in [3.05, 3.63) is 30.1 Å². The Bertz CT molecular complexity index is 530. The lowest BCUT2D eigenvalue weighted by Gasteiger charge is -2.25. The van der Waals surface area contributed by atoms with Crippen molar-refractivity contribution in [3.63, 3.8) is 0 Å². The molecule has 0 aliphatic carbocycles. The summed E-state index contributed by atoms with van der Waals surface area (Å²) in [4.78, 5) is 21.4. The molecule has 3 saturated heterocycles. The highest BCUT2D eigenvalue weighted by Crippen LogP contribution is 2.33. The normalized spacial score (nSPS) is 31.6. The molecule has 3 atom stereocenters. The third-order valence-electron chi connectivity index (χ3n) is 5.36. The van der Waals surface area contributed by atoms with Crippen LogP contribution in [0.5, 0.6) is 0 Å². The summed E-state index contributed by atoms with van der Waals surface area (Å²) >= 11 is 0. The number of hydrogen-bond acceptors (Lipinski definition) is 4. The zero-order chi connectivity index (χ0) is 14.9. The molecule has 3 aliphatic rings. The van der Waals surface area contributed by atoms with Crippen LogP contribution in [-0.2, 0) is 16.1 Å². The van der Waals surface area contributed by atoms with Crippen LogP contribution in [0.15, 0.2) is 24.5 Å². The lowest BCUT2D eigenvalue weighted by atomic mass is 10.0. The summed E-state index contributed by atoms with van der Waals surface area (Å²) in [6.45, 7) is 5.26. The van der Waals surface area contributed by atoms with Gasteiger partial charge >= 0.3 is 0 Å². The van der Waals surface area contributed by atoms with Gasteiger partial charge in [-0.25, -0.2) is 0 Å². The van der Waals surface area contributed by atoms with E-state index in [0.717, 1.165) is 39.2 Å². The molecule has 4 rings (SSSR count). The van der Waals surface area contributed by atoms with Crippen LogP contribution >= 0.6 is 0 Å². The Morgan fingerprint density at radius 3 is 3.09 bits per heavy atom. The molecule has 5 heteroatoms. The number of ether oxygens (including phenoxy) is 1. The van der Waals surface area contributed by atoms with Gasteiger partial charge in [-0.05, 0) is 36.9 Å². The SMILES string of the molecule is O=C([C@H]1CCOC1)N1C[C@@H]2CCN(Cc3cccnc3)[C@@H]2C1. The van der Waals surface area contributed by atoms with Crippen LogP contribution in [0.25, 0.3) is 0 Å². The van der Waals surface area contributed by atoms with Gasteiger partial charge in [0.25, 0.3) is 0 Å². The van der Waals surface area contributed by atoms with Crippen molar-refractivity contribution in [2.75, 3.05) is 32.8 Å². The molecule has 22 heavy (non-hydrogen) atoms. The van der Waals surface area contributed by atoms with E-state index in [4.69, 9.17) is 4.74 Å². The van der Waals surface area contributed by atoms with Crippen LogP contribution < -0.4 is 0 Å². The molecule has 4 heterocycles. The van der Waals surface area contributed by atoms with E-state index < -0.39 is 0 Å². The standard InChI is InChI=1S/C17H23N3O2/c21-17(15-4-7-22-12-15)20-10-14-3-6-19(16(14)11-20)9-13-2-1-5-18-8-13/h1-2,5,8,14-16H,3-4,6-7,9-12H2/t14-,15-,16+/m0/s1. The Kier molecular flexibility index (Phi) is 3.84. The predicted molar refractivity (Wildman–Crippen MR) is 82.0 cm³/mol. The van der Waals surface area contributed by atoms with E-state index >= 15 is 0 Å². The van der Waals surface area contributed by atoms with Crippen LogP contribution in [0, 0.1) is 11.8 Å². The Balaban J connectivity index is 1.39. The predicted octanol–water partition coefficient (Wildman–Crippen LogP) is 1.15. The number of amides is 1. The summed E-state index contributed by atoms with van der Waals surface area (Å²) < 4.78 is 5.37. The van der Waals surface area contributed by atoms with Crippen molar-refractivity contribution < 1.29 is 9.53 Å². The number of carbonyl (C=O) groups excluding carboxylic acids is 1. The smallest absolute Gasteiger partial charge is 0.228 e. The van der Waals surface area contributed by atoms with E-state index in [1.807, 2.05) is 18.5 Å². The molecule has 5 nitrogen and oxygen atoms in total. The first kappa shape index (κ1) is 14.2. The van der Waals surface area contributed by atoms with E-state index in [-0.39, 0.29) is 5.92 Å². The second kappa shape index (κ2) is 5.97. The number of aromatic nitrogens is 1. The highest BCUT2D eigenvalue weighted by atomic mass is 16.5. The Labute approximate surface area is 131 Å². The Morgan fingerprint density at radius 2 is 2.32 bits per heavy atom. The van der Waals surface area contributed by atoms with Gasteiger partial charge in [0.05, 0.1) is 12.5 Å². The Hall–Kier alpha value is -1.46. The van der Waals surface area contributed by atoms with Gasteiger partial charge in [-0.15, -0.1) is 0 Å². The zero-order valence-electron chi connectivity index (χ0n) is 12.9. The first-order valence-electron chi connectivity index (χ1n) is 8.31. The van der Waals surface area contributed by atoms with E-state index in [1.54, 1.807) is 0 Å². The molecule has 0 bridgehead atoms. The molecule has 0 spiro atoms. The van der Waals surface area contributed by atoms with Crippen molar-refractivity contribution in [1.29, 1.82) is 0 Å². The maximum Gasteiger partial charge on any atom is 0.228 e. The fraction of sp³-hybridized carbons (Fsp3) is 0.647. The molecule has 0 saturated carbocycles. The third-order valence-corrected chi connectivity index (χ3v) is 5.36. The second-order valence-electron chi connectivity index (χ2n) is 6.75. The van der Waals surface area contributed by atoms with Crippen molar-refractivity contribution in [2.24, 2.45) is 11.8 Å². The molecule has 0 unspecified atom stereocenters. The molecule has 1 amide bonds. The monoisotopic (exact) mass is 301 g/mol. The molecule has 1 aromatic heterocycles. The van der Waals surface area contributed by atoms with Gasteiger partial charge in [0.2, 0.25) is 5.91 Å². The second-order valence-corrected chi connectivity index (χ2v) is 6.75.